The molecule has 0 heterocycles. The molecule has 1 aromatic rings. The summed E-state index contributed by atoms with van der Waals surface area (Å²) in [6.45, 7) is 2.01. The summed E-state index contributed by atoms with van der Waals surface area (Å²) >= 11 is 0. The predicted molar refractivity (Wildman–Crippen MR) is 74.8 cm³/mol. The first-order valence-corrected chi connectivity index (χ1v) is 7.17. The summed E-state index contributed by atoms with van der Waals surface area (Å²) in [5.41, 5.74) is -3.39. The van der Waals surface area contributed by atoms with E-state index in [0.29, 0.717) is 6.42 Å². The van der Waals surface area contributed by atoms with E-state index in [9.17, 15) is 23.1 Å². The summed E-state index contributed by atoms with van der Waals surface area (Å²) < 4.78 is 39.6. The lowest BCUT2D eigenvalue weighted by Gasteiger charge is -2.30. The number of rotatable bonds is 8. The number of ketones is 1. The Hall–Kier alpha value is -1.36. The van der Waals surface area contributed by atoms with Crippen LogP contribution < -0.4 is 0 Å². The highest BCUT2D eigenvalue weighted by atomic mass is 19.4. The van der Waals surface area contributed by atoms with Crippen molar-refractivity contribution in [2.45, 2.75) is 57.2 Å². The molecule has 21 heavy (non-hydrogen) atoms. The first-order chi connectivity index (χ1) is 9.81. The van der Waals surface area contributed by atoms with Gasteiger partial charge in [0.25, 0.3) is 0 Å². The Morgan fingerprint density at radius 1 is 1.10 bits per heavy atom. The summed E-state index contributed by atoms with van der Waals surface area (Å²) in [4.78, 5) is 11.8. The quantitative estimate of drug-likeness (QED) is 0.724. The number of benzene rings is 1. The van der Waals surface area contributed by atoms with Gasteiger partial charge in [-0.3, -0.25) is 4.79 Å². The molecule has 0 aliphatic heterocycles. The SMILES string of the molecule is CCCCCCC(=O)C[C@](O)(c1ccccc1)C(F)(F)F. The Morgan fingerprint density at radius 2 is 1.71 bits per heavy atom. The van der Waals surface area contributed by atoms with Crippen molar-refractivity contribution in [3.63, 3.8) is 0 Å². The molecular formula is C16H21F3O2. The summed E-state index contributed by atoms with van der Waals surface area (Å²) in [6.07, 6.45) is -2.40. The molecule has 0 saturated heterocycles. The maximum absolute atomic E-state index is 13.2. The number of halogens is 3. The van der Waals surface area contributed by atoms with Crippen LogP contribution in [0.4, 0.5) is 13.2 Å². The van der Waals surface area contributed by atoms with Crippen molar-refractivity contribution >= 4 is 5.78 Å². The number of unbranched alkanes of at least 4 members (excludes halogenated alkanes) is 3. The topological polar surface area (TPSA) is 37.3 Å². The first-order valence-electron chi connectivity index (χ1n) is 7.17. The van der Waals surface area contributed by atoms with Crippen molar-refractivity contribution in [1.82, 2.24) is 0 Å². The van der Waals surface area contributed by atoms with Crippen LogP contribution in [0.1, 0.15) is 51.0 Å². The van der Waals surface area contributed by atoms with Crippen LogP contribution in [-0.4, -0.2) is 17.1 Å². The van der Waals surface area contributed by atoms with Crippen LogP contribution in [0.15, 0.2) is 30.3 Å². The zero-order valence-corrected chi connectivity index (χ0v) is 12.1. The van der Waals surface area contributed by atoms with Crippen LogP contribution in [0.2, 0.25) is 0 Å². The van der Waals surface area contributed by atoms with Gasteiger partial charge in [0.05, 0.1) is 0 Å². The van der Waals surface area contributed by atoms with Crippen LogP contribution >= 0.6 is 0 Å². The second-order valence-corrected chi connectivity index (χ2v) is 5.25. The molecule has 0 bridgehead atoms. The van der Waals surface area contributed by atoms with Gasteiger partial charge in [-0.15, -0.1) is 0 Å². The van der Waals surface area contributed by atoms with Crippen LogP contribution in [0.3, 0.4) is 0 Å². The van der Waals surface area contributed by atoms with Crippen molar-refractivity contribution in [1.29, 1.82) is 0 Å². The van der Waals surface area contributed by atoms with Crippen molar-refractivity contribution in [2.24, 2.45) is 0 Å². The van der Waals surface area contributed by atoms with Gasteiger partial charge in [0.2, 0.25) is 0 Å². The fourth-order valence-electron chi connectivity index (χ4n) is 2.20. The molecule has 118 valence electrons. The van der Waals surface area contributed by atoms with Crippen LogP contribution in [0, 0.1) is 0 Å². The van der Waals surface area contributed by atoms with E-state index in [1.165, 1.54) is 24.3 Å². The second-order valence-electron chi connectivity index (χ2n) is 5.25. The third-order valence-corrected chi connectivity index (χ3v) is 3.48. The largest absolute Gasteiger partial charge is 0.421 e. The lowest BCUT2D eigenvalue weighted by atomic mass is 9.87. The van der Waals surface area contributed by atoms with Gasteiger partial charge in [0.1, 0.15) is 5.78 Å². The fourth-order valence-corrected chi connectivity index (χ4v) is 2.20. The normalized spacial score (nSPS) is 14.7. The van der Waals surface area contributed by atoms with Crippen LogP contribution in [0.25, 0.3) is 0 Å². The van der Waals surface area contributed by atoms with E-state index in [0.717, 1.165) is 19.3 Å². The maximum Gasteiger partial charge on any atom is 0.421 e. The third-order valence-electron chi connectivity index (χ3n) is 3.48. The second kappa shape index (κ2) is 7.59. The van der Waals surface area contributed by atoms with E-state index >= 15 is 0 Å². The summed E-state index contributed by atoms with van der Waals surface area (Å²) in [5, 5.41) is 10.0. The molecule has 0 radical (unpaired) electrons. The Kier molecular flexibility index (Phi) is 6.40. The van der Waals surface area contributed by atoms with E-state index in [2.05, 4.69) is 0 Å². The van der Waals surface area contributed by atoms with E-state index in [1.54, 1.807) is 6.07 Å². The van der Waals surface area contributed by atoms with Gasteiger partial charge in [-0.2, -0.15) is 13.2 Å². The number of aliphatic hydroxyl groups is 1. The molecule has 1 N–H and O–H groups in total. The minimum Gasteiger partial charge on any atom is -0.376 e. The molecule has 0 unspecified atom stereocenters. The van der Waals surface area contributed by atoms with Crippen molar-refractivity contribution in [3.05, 3.63) is 35.9 Å². The Balaban J connectivity index is 2.79. The molecular weight excluding hydrogens is 281 g/mol. The average molecular weight is 302 g/mol. The highest BCUT2D eigenvalue weighted by molar-refractivity contribution is 5.79. The van der Waals surface area contributed by atoms with Crippen molar-refractivity contribution in [3.8, 4) is 0 Å². The van der Waals surface area contributed by atoms with Crippen LogP contribution in [0.5, 0.6) is 0 Å². The summed E-state index contributed by atoms with van der Waals surface area (Å²) in [7, 11) is 0. The molecule has 1 atom stereocenters. The number of Topliss-reactive ketones (excluding diaryl/α,β-unsaturated/α-hetero) is 1. The van der Waals surface area contributed by atoms with Gasteiger partial charge in [-0.25, -0.2) is 0 Å². The maximum atomic E-state index is 13.2. The van der Waals surface area contributed by atoms with E-state index in [1.807, 2.05) is 6.92 Å². The summed E-state index contributed by atoms with van der Waals surface area (Å²) in [6, 6.07) is 6.78. The molecule has 0 fully saturated rings. The zero-order valence-electron chi connectivity index (χ0n) is 12.1. The van der Waals surface area contributed by atoms with Gasteiger partial charge in [0.15, 0.2) is 5.60 Å². The van der Waals surface area contributed by atoms with Gasteiger partial charge >= 0.3 is 6.18 Å². The lowest BCUT2D eigenvalue weighted by molar-refractivity contribution is -0.267. The summed E-state index contributed by atoms with van der Waals surface area (Å²) in [5.74, 6) is -0.560. The molecule has 5 heteroatoms. The average Bonchev–Trinajstić information content (AvgIpc) is 2.43. The van der Waals surface area contributed by atoms with E-state index in [4.69, 9.17) is 0 Å². The predicted octanol–water partition coefficient (Wildman–Crippen LogP) is 4.37. The molecule has 0 aliphatic rings. The molecule has 2 nitrogen and oxygen atoms in total. The number of alkyl halides is 3. The van der Waals surface area contributed by atoms with Crippen molar-refractivity contribution < 1.29 is 23.1 Å². The minimum absolute atomic E-state index is 0.0746. The molecule has 0 aromatic heterocycles. The first kappa shape index (κ1) is 17.7. The van der Waals surface area contributed by atoms with Crippen LogP contribution in [-0.2, 0) is 10.4 Å². The third kappa shape index (κ3) is 4.84. The lowest BCUT2D eigenvalue weighted by Crippen LogP contribution is -2.44. The highest BCUT2D eigenvalue weighted by Crippen LogP contribution is 2.41. The Labute approximate surface area is 123 Å². The monoisotopic (exact) mass is 302 g/mol. The number of carbonyl (C=O) groups is 1. The number of hydrogen-bond donors (Lipinski definition) is 1. The molecule has 1 aromatic carbocycles. The minimum atomic E-state index is -4.88. The molecule has 0 saturated carbocycles. The van der Waals surface area contributed by atoms with Gasteiger partial charge in [-0.05, 0) is 12.0 Å². The fraction of sp³-hybridized carbons (Fsp3) is 0.562. The highest BCUT2D eigenvalue weighted by Gasteiger charge is 2.55. The standard InChI is InChI=1S/C16H21F3O2/c1-2-3-4-8-11-14(20)12-15(21,16(17,18)19)13-9-6-5-7-10-13/h5-7,9-10,21H,2-4,8,11-12H2,1H3/t15-/m0/s1. The molecule has 1 rings (SSSR count). The molecule has 0 aliphatic carbocycles. The Morgan fingerprint density at radius 3 is 2.24 bits per heavy atom. The van der Waals surface area contributed by atoms with Gasteiger partial charge < -0.3 is 5.11 Å². The molecule has 0 amide bonds. The van der Waals surface area contributed by atoms with Crippen molar-refractivity contribution in [2.75, 3.05) is 0 Å². The number of hydrogen-bond acceptors (Lipinski definition) is 2. The Bertz CT molecular complexity index is 443. The number of carbonyl (C=O) groups excluding carboxylic acids is 1. The van der Waals surface area contributed by atoms with Gasteiger partial charge in [0, 0.05) is 12.8 Å². The van der Waals surface area contributed by atoms with Gasteiger partial charge in [-0.1, -0.05) is 56.5 Å². The van der Waals surface area contributed by atoms with E-state index in [-0.39, 0.29) is 12.0 Å². The smallest absolute Gasteiger partial charge is 0.376 e. The molecule has 0 spiro atoms. The zero-order chi connectivity index (χ0) is 15.9. The van der Waals surface area contributed by atoms with E-state index < -0.39 is 24.0 Å².